The van der Waals surface area contributed by atoms with Crippen LogP contribution in [-0.2, 0) is 16.3 Å². The van der Waals surface area contributed by atoms with Crippen LogP contribution in [0.2, 0.25) is 0 Å². The minimum Gasteiger partial charge on any atom is -0.353 e. The predicted octanol–water partition coefficient (Wildman–Crippen LogP) is 1.31. The smallest absolute Gasteiger partial charge is 0.243 e. The number of rotatable bonds is 5. The number of anilines is 1. The highest BCUT2D eigenvalue weighted by Crippen LogP contribution is 2.26. The predicted molar refractivity (Wildman–Crippen MR) is 93.2 cm³/mol. The number of piperazine rings is 1. The normalized spacial score (nSPS) is 17.6. The van der Waals surface area contributed by atoms with Gasteiger partial charge in [-0.05, 0) is 19.1 Å². The Labute approximate surface area is 147 Å². The first-order chi connectivity index (χ1) is 11.9. The van der Waals surface area contributed by atoms with Gasteiger partial charge in [0, 0.05) is 45.1 Å². The van der Waals surface area contributed by atoms with E-state index < -0.39 is 9.84 Å². The zero-order valence-corrected chi connectivity index (χ0v) is 15.5. The third kappa shape index (κ3) is 3.82. The Morgan fingerprint density at radius 3 is 2.60 bits per heavy atom. The van der Waals surface area contributed by atoms with Gasteiger partial charge in [-0.2, -0.15) is 4.98 Å². The first kappa shape index (κ1) is 17.8. The van der Waals surface area contributed by atoms with Gasteiger partial charge in [-0.25, -0.2) is 13.4 Å². The van der Waals surface area contributed by atoms with Gasteiger partial charge in [0.25, 0.3) is 0 Å². The second-order valence-electron chi connectivity index (χ2n) is 6.20. The number of aryl methyl sites for hydroxylation is 1. The Balaban J connectivity index is 1.70. The van der Waals surface area contributed by atoms with Crippen molar-refractivity contribution in [2.45, 2.75) is 31.2 Å². The van der Waals surface area contributed by atoms with Crippen LogP contribution in [0.1, 0.15) is 31.6 Å². The maximum atomic E-state index is 12.0. The minimum atomic E-state index is -3.31. The zero-order chi connectivity index (χ0) is 18.0. The van der Waals surface area contributed by atoms with E-state index in [0.29, 0.717) is 30.6 Å². The third-order valence-corrected chi connectivity index (χ3v) is 5.59. The molecule has 1 saturated heterocycles. The highest BCUT2D eigenvalue weighted by Gasteiger charge is 2.28. The summed E-state index contributed by atoms with van der Waals surface area (Å²) in [6.45, 7) is 6.96. The van der Waals surface area contributed by atoms with E-state index >= 15 is 0 Å². The van der Waals surface area contributed by atoms with Gasteiger partial charge in [0.15, 0.2) is 15.7 Å². The lowest BCUT2D eigenvalue weighted by Gasteiger charge is -2.37. The number of hydrogen-bond acceptors (Lipinski definition) is 8. The molecule has 136 valence electrons. The van der Waals surface area contributed by atoms with E-state index in [1.807, 2.05) is 18.7 Å². The van der Waals surface area contributed by atoms with Gasteiger partial charge >= 0.3 is 0 Å². The van der Waals surface area contributed by atoms with Crippen molar-refractivity contribution in [3.63, 3.8) is 0 Å². The maximum absolute atomic E-state index is 12.0. The molecule has 8 nitrogen and oxygen atoms in total. The number of nitrogens with zero attached hydrogens (tertiary/aromatic N) is 5. The molecule has 0 bridgehead atoms. The van der Waals surface area contributed by atoms with Crippen molar-refractivity contribution in [3.05, 3.63) is 30.0 Å². The minimum absolute atomic E-state index is 0.0352. The number of pyridine rings is 1. The lowest BCUT2D eigenvalue weighted by Crippen LogP contribution is -2.47. The van der Waals surface area contributed by atoms with Crippen LogP contribution < -0.4 is 4.90 Å². The van der Waals surface area contributed by atoms with E-state index in [-0.39, 0.29) is 10.9 Å². The van der Waals surface area contributed by atoms with E-state index in [0.717, 1.165) is 19.5 Å². The van der Waals surface area contributed by atoms with E-state index in [1.165, 1.54) is 6.26 Å². The summed E-state index contributed by atoms with van der Waals surface area (Å²) in [6, 6.07) is 3.30. The molecule has 0 aliphatic carbocycles. The number of hydrogen-bond donors (Lipinski definition) is 0. The lowest BCUT2D eigenvalue weighted by atomic mass is 10.2. The van der Waals surface area contributed by atoms with Crippen LogP contribution in [0.5, 0.6) is 0 Å². The zero-order valence-electron chi connectivity index (χ0n) is 14.7. The molecule has 1 atom stereocenters. The fraction of sp³-hybridized carbons (Fsp3) is 0.562. The van der Waals surface area contributed by atoms with E-state index in [4.69, 9.17) is 4.52 Å². The monoisotopic (exact) mass is 365 g/mol. The van der Waals surface area contributed by atoms with Crippen molar-refractivity contribution >= 4 is 15.7 Å². The molecule has 0 aromatic carbocycles. The second-order valence-corrected chi connectivity index (χ2v) is 8.18. The van der Waals surface area contributed by atoms with Gasteiger partial charge in [0.2, 0.25) is 5.89 Å². The fourth-order valence-electron chi connectivity index (χ4n) is 2.97. The molecule has 0 saturated carbocycles. The summed E-state index contributed by atoms with van der Waals surface area (Å²) in [6.07, 6.45) is 3.59. The van der Waals surface area contributed by atoms with E-state index in [9.17, 15) is 8.42 Å². The summed E-state index contributed by atoms with van der Waals surface area (Å²) in [5, 5.41) is 3.95. The SMILES string of the molecule is CCc1noc(C(C)N2CCN(c3ncccc3S(C)(=O)=O)CC2)n1. The average Bonchev–Trinajstić information content (AvgIpc) is 3.10. The molecule has 0 N–H and O–H groups in total. The maximum Gasteiger partial charge on any atom is 0.243 e. The van der Waals surface area contributed by atoms with Gasteiger partial charge in [-0.15, -0.1) is 0 Å². The summed E-state index contributed by atoms with van der Waals surface area (Å²) in [5.74, 6) is 1.87. The molecule has 1 aliphatic rings. The highest BCUT2D eigenvalue weighted by molar-refractivity contribution is 7.90. The van der Waals surface area contributed by atoms with Crippen molar-refractivity contribution in [1.29, 1.82) is 0 Å². The van der Waals surface area contributed by atoms with Gasteiger partial charge in [-0.1, -0.05) is 12.1 Å². The van der Waals surface area contributed by atoms with E-state index in [1.54, 1.807) is 18.3 Å². The molecule has 1 aliphatic heterocycles. The van der Waals surface area contributed by atoms with Crippen LogP contribution in [0.4, 0.5) is 5.82 Å². The molecule has 25 heavy (non-hydrogen) atoms. The molecule has 0 amide bonds. The molecular weight excluding hydrogens is 342 g/mol. The topological polar surface area (TPSA) is 92.4 Å². The van der Waals surface area contributed by atoms with Crippen molar-refractivity contribution in [2.24, 2.45) is 0 Å². The van der Waals surface area contributed by atoms with Crippen LogP contribution in [-0.4, -0.2) is 60.9 Å². The van der Waals surface area contributed by atoms with Gasteiger partial charge in [0.05, 0.1) is 6.04 Å². The van der Waals surface area contributed by atoms with Crippen LogP contribution >= 0.6 is 0 Å². The molecule has 0 spiro atoms. The summed E-state index contributed by atoms with van der Waals surface area (Å²) in [5.41, 5.74) is 0. The largest absolute Gasteiger partial charge is 0.353 e. The summed E-state index contributed by atoms with van der Waals surface area (Å²) in [4.78, 5) is 13.3. The van der Waals surface area contributed by atoms with Crippen molar-refractivity contribution < 1.29 is 12.9 Å². The van der Waals surface area contributed by atoms with Gasteiger partial charge in [-0.3, -0.25) is 4.90 Å². The number of sulfone groups is 1. The highest BCUT2D eigenvalue weighted by atomic mass is 32.2. The first-order valence-electron chi connectivity index (χ1n) is 8.36. The Morgan fingerprint density at radius 2 is 2.00 bits per heavy atom. The summed E-state index contributed by atoms with van der Waals surface area (Å²) in [7, 11) is -3.31. The van der Waals surface area contributed by atoms with Gasteiger partial charge in [0.1, 0.15) is 10.7 Å². The quantitative estimate of drug-likeness (QED) is 0.783. The molecule has 1 fully saturated rings. The Kier molecular flexibility index (Phi) is 5.05. The Hall–Kier alpha value is -2.00. The van der Waals surface area contributed by atoms with Gasteiger partial charge < -0.3 is 9.42 Å². The molecule has 2 aromatic heterocycles. The molecule has 2 aromatic rings. The Bertz CT molecular complexity index is 828. The standard InChI is InChI=1S/C16H23N5O3S/c1-4-14-18-16(24-19-14)12(2)20-8-10-21(11-9-20)15-13(25(3,22)23)6-5-7-17-15/h5-7,12H,4,8-11H2,1-3H3. The fourth-order valence-corrected chi connectivity index (χ4v) is 3.81. The molecule has 0 radical (unpaired) electrons. The van der Waals surface area contributed by atoms with Crippen LogP contribution in [0.15, 0.2) is 27.7 Å². The Morgan fingerprint density at radius 1 is 1.28 bits per heavy atom. The van der Waals surface area contributed by atoms with Crippen LogP contribution in [0.25, 0.3) is 0 Å². The van der Waals surface area contributed by atoms with E-state index in [2.05, 4.69) is 20.0 Å². The van der Waals surface area contributed by atoms with Crippen molar-refractivity contribution in [3.8, 4) is 0 Å². The molecule has 3 rings (SSSR count). The van der Waals surface area contributed by atoms with Crippen molar-refractivity contribution in [1.82, 2.24) is 20.0 Å². The molecule has 1 unspecified atom stereocenters. The average molecular weight is 365 g/mol. The second kappa shape index (κ2) is 7.09. The third-order valence-electron chi connectivity index (χ3n) is 4.47. The van der Waals surface area contributed by atoms with Crippen LogP contribution in [0.3, 0.4) is 0 Å². The lowest BCUT2D eigenvalue weighted by molar-refractivity contribution is 0.163. The summed E-state index contributed by atoms with van der Waals surface area (Å²) >= 11 is 0. The summed E-state index contributed by atoms with van der Waals surface area (Å²) < 4.78 is 29.3. The molecule has 3 heterocycles. The number of aromatic nitrogens is 3. The van der Waals surface area contributed by atoms with Crippen molar-refractivity contribution in [2.75, 3.05) is 37.3 Å². The first-order valence-corrected chi connectivity index (χ1v) is 10.3. The van der Waals surface area contributed by atoms with Crippen LogP contribution in [0, 0.1) is 0 Å². The molecule has 9 heteroatoms. The molecular formula is C16H23N5O3S.